The Labute approximate surface area is 92.6 Å². The Morgan fingerprint density at radius 1 is 1.57 bits per heavy atom. The van der Waals surface area contributed by atoms with Crippen molar-refractivity contribution in [3.8, 4) is 0 Å². The van der Waals surface area contributed by atoms with E-state index in [1.165, 1.54) is 0 Å². The summed E-state index contributed by atoms with van der Waals surface area (Å²) >= 11 is 0. The molecular formula is C10H21ClN2O. The quantitative estimate of drug-likeness (QED) is 0.777. The SMILES string of the molecule is CCN1CCNC(CC(C)C)C1=O.Cl. The van der Waals surface area contributed by atoms with Gasteiger partial charge in [0.2, 0.25) is 5.91 Å². The number of piperazine rings is 1. The third kappa shape index (κ3) is 3.46. The summed E-state index contributed by atoms with van der Waals surface area (Å²) in [5.41, 5.74) is 0. The Balaban J connectivity index is 0.00000169. The highest BCUT2D eigenvalue weighted by atomic mass is 35.5. The van der Waals surface area contributed by atoms with E-state index in [4.69, 9.17) is 0 Å². The lowest BCUT2D eigenvalue weighted by Gasteiger charge is -2.33. The second kappa shape index (κ2) is 6.25. The predicted molar refractivity (Wildman–Crippen MR) is 60.7 cm³/mol. The van der Waals surface area contributed by atoms with Gasteiger partial charge in [-0.3, -0.25) is 4.79 Å². The molecule has 0 aliphatic carbocycles. The van der Waals surface area contributed by atoms with E-state index in [9.17, 15) is 4.79 Å². The zero-order valence-corrected chi connectivity index (χ0v) is 10.1. The maximum atomic E-state index is 11.8. The standard InChI is InChI=1S/C10H20N2O.ClH/c1-4-12-6-5-11-9(10(12)13)7-8(2)3;/h8-9,11H,4-7H2,1-3H3;1H. The van der Waals surface area contributed by atoms with Crippen LogP contribution in [0.5, 0.6) is 0 Å². The van der Waals surface area contributed by atoms with Crippen molar-refractivity contribution in [2.24, 2.45) is 5.92 Å². The van der Waals surface area contributed by atoms with E-state index in [1.807, 2.05) is 11.8 Å². The monoisotopic (exact) mass is 220 g/mol. The molecule has 1 amide bonds. The summed E-state index contributed by atoms with van der Waals surface area (Å²) in [5.74, 6) is 0.862. The van der Waals surface area contributed by atoms with Crippen LogP contribution in [-0.4, -0.2) is 36.5 Å². The van der Waals surface area contributed by atoms with E-state index in [2.05, 4.69) is 19.2 Å². The normalized spacial score (nSPS) is 22.4. The summed E-state index contributed by atoms with van der Waals surface area (Å²) < 4.78 is 0. The molecule has 3 nitrogen and oxygen atoms in total. The number of halogens is 1. The molecule has 1 N–H and O–H groups in total. The minimum absolute atomic E-state index is 0. The van der Waals surface area contributed by atoms with E-state index in [-0.39, 0.29) is 24.4 Å². The molecule has 1 heterocycles. The topological polar surface area (TPSA) is 32.3 Å². The number of hydrogen-bond acceptors (Lipinski definition) is 2. The van der Waals surface area contributed by atoms with Gasteiger partial charge in [0.1, 0.15) is 0 Å². The highest BCUT2D eigenvalue weighted by Gasteiger charge is 2.27. The van der Waals surface area contributed by atoms with Gasteiger partial charge in [0, 0.05) is 19.6 Å². The summed E-state index contributed by atoms with van der Waals surface area (Å²) in [6, 6.07) is 0.0636. The molecule has 1 unspecified atom stereocenters. The first-order chi connectivity index (χ1) is 6.15. The number of nitrogens with zero attached hydrogens (tertiary/aromatic N) is 1. The zero-order valence-electron chi connectivity index (χ0n) is 9.25. The number of hydrogen-bond donors (Lipinski definition) is 1. The van der Waals surface area contributed by atoms with E-state index >= 15 is 0 Å². The van der Waals surface area contributed by atoms with Crippen molar-refractivity contribution >= 4 is 18.3 Å². The molecule has 0 saturated carbocycles. The van der Waals surface area contributed by atoms with Crippen molar-refractivity contribution < 1.29 is 4.79 Å². The van der Waals surface area contributed by atoms with Crippen LogP contribution in [0.1, 0.15) is 27.2 Å². The molecule has 1 fully saturated rings. The van der Waals surface area contributed by atoms with E-state index in [1.54, 1.807) is 0 Å². The molecular weight excluding hydrogens is 200 g/mol. The highest BCUT2D eigenvalue weighted by molar-refractivity contribution is 5.85. The number of rotatable bonds is 3. The Morgan fingerprint density at radius 2 is 2.21 bits per heavy atom. The molecule has 1 aliphatic heterocycles. The minimum Gasteiger partial charge on any atom is -0.340 e. The molecule has 1 rings (SSSR count). The molecule has 1 saturated heterocycles. The molecule has 0 aromatic carbocycles. The van der Waals surface area contributed by atoms with Crippen LogP contribution in [0, 0.1) is 5.92 Å². The first-order valence-electron chi connectivity index (χ1n) is 5.17. The van der Waals surface area contributed by atoms with Crippen LogP contribution in [0.3, 0.4) is 0 Å². The van der Waals surface area contributed by atoms with Gasteiger partial charge in [-0.2, -0.15) is 0 Å². The van der Waals surface area contributed by atoms with E-state index in [0.29, 0.717) is 5.92 Å². The molecule has 14 heavy (non-hydrogen) atoms. The Morgan fingerprint density at radius 3 is 2.71 bits per heavy atom. The summed E-state index contributed by atoms with van der Waals surface area (Å²) in [4.78, 5) is 13.7. The van der Waals surface area contributed by atoms with Gasteiger partial charge in [0.25, 0.3) is 0 Å². The number of carbonyl (C=O) groups excluding carboxylic acids is 1. The van der Waals surface area contributed by atoms with E-state index < -0.39 is 0 Å². The van der Waals surface area contributed by atoms with Crippen LogP contribution >= 0.6 is 12.4 Å². The fourth-order valence-electron chi connectivity index (χ4n) is 1.76. The van der Waals surface area contributed by atoms with Crippen molar-refractivity contribution in [3.63, 3.8) is 0 Å². The predicted octanol–water partition coefficient (Wildman–Crippen LogP) is 1.27. The zero-order chi connectivity index (χ0) is 9.84. The van der Waals surface area contributed by atoms with Gasteiger partial charge in [-0.1, -0.05) is 13.8 Å². The Bertz CT molecular complexity index is 185. The summed E-state index contributed by atoms with van der Waals surface area (Å²) in [7, 11) is 0. The van der Waals surface area contributed by atoms with Crippen LogP contribution in [0.25, 0.3) is 0 Å². The summed E-state index contributed by atoms with van der Waals surface area (Å²) in [6.45, 7) is 8.99. The molecule has 0 radical (unpaired) electrons. The molecule has 0 aromatic heterocycles. The van der Waals surface area contributed by atoms with Crippen molar-refractivity contribution in [2.45, 2.75) is 33.2 Å². The van der Waals surface area contributed by atoms with Gasteiger partial charge < -0.3 is 10.2 Å². The Kier molecular flexibility index (Phi) is 6.12. The average Bonchev–Trinajstić information content (AvgIpc) is 2.08. The van der Waals surface area contributed by atoms with Crippen molar-refractivity contribution in [3.05, 3.63) is 0 Å². The number of nitrogens with one attached hydrogen (secondary N) is 1. The smallest absolute Gasteiger partial charge is 0.239 e. The number of carbonyl (C=O) groups is 1. The fourth-order valence-corrected chi connectivity index (χ4v) is 1.76. The van der Waals surface area contributed by atoms with E-state index in [0.717, 1.165) is 26.1 Å². The van der Waals surface area contributed by atoms with Crippen LogP contribution in [0.15, 0.2) is 0 Å². The lowest BCUT2D eigenvalue weighted by atomic mass is 10.0. The lowest BCUT2D eigenvalue weighted by Crippen LogP contribution is -2.55. The molecule has 1 aliphatic rings. The fraction of sp³-hybridized carbons (Fsp3) is 0.900. The Hall–Kier alpha value is -0.280. The van der Waals surface area contributed by atoms with Gasteiger partial charge in [-0.25, -0.2) is 0 Å². The van der Waals surface area contributed by atoms with Gasteiger partial charge in [-0.15, -0.1) is 12.4 Å². The van der Waals surface area contributed by atoms with Crippen LogP contribution in [0.4, 0.5) is 0 Å². The lowest BCUT2D eigenvalue weighted by molar-refractivity contribution is -0.135. The second-order valence-corrected chi connectivity index (χ2v) is 4.05. The second-order valence-electron chi connectivity index (χ2n) is 4.05. The third-order valence-electron chi connectivity index (χ3n) is 2.47. The first-order valence-corrected chi connectivity index (χ1v) is 5.17. The third-order valence-corrected chi connectivity index (χ3v) is 2.47. The summed E-state index contributed by atoms with van der Waals surface area (Å²) in [6.07, 6.45) is 0.954. The minimum atomic E-state index is 0. The molecule has 84 valence electrons. The van der Waals surface area contributed by atoms with Crippen LogP contribution < -0.4 is 5.32 Å². The highest BCUT2D eigenvalue weighted by Crippen LogP contribution is 2.10. The van der Waals surface area contributed by atoms with Crippen molar-refractivity contribution in [2.75, 3.05) is 19.6 Å². The maximum Gasteiger partial charge on any atom is 0.239 e. The van der Waals surface area contributed by atoms with Crippen molar-refractivity contribution in [1.29, 1.82) is 0 Å². The molecule has 4 heteroatoms. The van der Waals surface area contributed by atoms with Crippen molar-refractivity contribution in [1.82, 2.24) is 10.2 Å². The van der Waals surface area contributed by atoms with Gasteiger partial charge in [0.15, 0.2) is 0 Å². The summed E-state index contributed by atoms with van der Waals surface area (Å²) in [5, 5.41) is 3.27. The number of amides is 1. The average molecular weight is 221 g/mol. The maximum absolute atomic E-state index is 11.8. The van der Waals surface area contributed by atoms with Gasteiger partial charge in [0.05, 0.1) is 6.04 Å². The first kappa shape index (κ1) is 13.7. The molecule has 0 aromatic rings. The molecule has 1 atom stereocenters. The van der Waals surface area contributed by atoms with Crippen LogP contribution in [0.2, 0.25) is 0 Å². The van der Waals surface area contributed by atoms with Gasteiger partial charge >= 0.3 is 0 Å². The largest absolute Gasteiger partial charge is 0.340 e. The van der Waals surface area contributed by atoms with Crippen LogP contribution in [-0.2, 0) is 4.79 Å². The van der Waals surface area contributed by atoms with Gasteiger partial charge in [-0.05, 0) is 19.3 Å². The molecule has 0 spiro atoms. The number of likely N-dealkylation sites (N-methyl/N-ethyl adjacent to an activating group) is 1. The molecule has 0 bridgehead atoms.